The van der Waals surface area contributed by atoms with Gasteiger partial charge in [0.25, 0.3) is 0 Å². The second kappa shape index (κ2) is 5.01. The molecule has 0 amide bonds. The topological polar surface area (TPSA) is 52.1 Å². The lowest BCUT2D eigenvalue weighted by molar-refractivity contribution is 0.0959. The Hall–Kier alpha value is -1.88. The molecule has 96 valence electrons. The number of carbonyl (C=O) groups excluding carboxylic acids is 1. The molecule has 0 radical (unpaired) electrons. The van der Waals surface area contributed by atoms with Crippen LogP contribution >= 0.6 is 11.8 Å². The van der Waals surface area contributed by atoms with E-state index in [0.717, 1.165) is 11.3 Å². The van der Waals surface area contributed by atoms with Crippen LogP contribution in [-0.2, 0) is 0 Å². The average molecular weight is 272 g/mol. The molecule has 2 heterocycles. The van der Waals surface area contributed by atoms with Gasteiger partial charge in [-0.15, -0.1) is 11.8 Å². The van der Waals surface area contributed by atoms with E-state index in [1.165, 1.54) is 24.4 Å². The summed E-state index contributed by atoms with van der Waals surface area (Å²) in [5.74, 6) is 0.855. The predicted octanol–water partition coefficient (Wildman–Crippen LogP) is 2.56. The Labute approximate surface area is 115 Å². The molecule has 0 saturated carbocycles. The number of rotatable bonds is 3. The molecule has 0 N–H and O–H groups in total. The van der Waals surface area contributed by atoms with Crippen LogP contribution in [0.4, 0.5) is 0 Å². The van der Waals surface area contributed by atoms with Crippen LogP contribution in [-0.4, -0.2) is 28.6 Å². The van der Waals surface area contributed by atoms with E-state index in [-0.39, 0.29) is 11.7 Å². The van der Waals surface area contributed by atoms with E-state index in [0.29, 0.717) is 11.6 Å². The maximum Gasteiger partial charge on any atom is 0.243 e. The Kier molecular flexibility index (Phi) is 3.21. The third-order valence-corrected chi connectivity index (χ3v) is 4.29. The van der Waals surface area contributed by atoms with E-state index < -0.39 is 0 Å². The first kappa shape index (κ1) is 12.2. The first-order valence-corrected chi connectivity index (χ1v) is 6.90. The fourth-order valence-electron chi connectivity index (χ4n) is 2.19. The highest BCUT2D eigenvalue weighted by Gasteiger charge is 2.32. The van der Waals surface area contributed by atoms with Crippen LogP contribution in [0.5, 0.6) is 5.88 Å². The van der Waals surface area contributed by atoms with Crippen molar-refractivity contribution >= 4 is 17.5 Å². The lowest BCUT2D eigenvalue weighted by Crippen LogP contribution is -2.15. The van der Waals surface area contributed by atoms with E-state index in [1.807, 2.05) is 24.3 Å². The van der Waals surface area contributed by atoms with Crippen molar-refractivity contribution in [1.82, 2.24) is 9.97 Å². The Morgan fingerprint density at radius 3 is 2.95 bits per heavy atom. The van der Waals surface area contributed by atoms with Crippen molar-refractivity contribution in [2.75, 3.05) is 12.9 Å². The SMILES string of the molecule is COc1nccnc1C(=O)C1CSc2ccccc21. The summed E-state index contributed by atoms with van der Waals surface area (Å²) in [5, 5.41) is 0. The minimum Gasteiger partial charge on any atom is -0.479 e. The van der Waals surface area contributed by atoms with Gasteiger partial charge in [-0.05, 0) is 11.6 Å². The minimum atomic E-state index is -0.160. The fraction of sp³-hybridized carbons (Fsp3) is 0.214. The molecule has 1 aromatic carbocycles. The molecule has 4 nitrogen and oxygen atoms in total. The summed E-state index contributed by atoms with van der Waals surface area (Å²) < 4.78 is 5.11. The maximum absolute atomic E-state index is 12.6. The number of aromatic nitrogens is 2. The van der Waals surface area contributed by atoms with Crippen molar-refractivity contribution in [3.63, 3.8) is 0 Å². The number of ether oxygens (including phenoxy) is 1. The van der Waals surface area contributed by atoms with Crippen LogP contribution in [0, 0.1) is 0 Å². The molecule has 1 aliphatic heterocycles. The van der Waals surface area contributed by atoms with Crippen LogP contribution in [0.3, 0.4) is 0 Å². The van der Waals surface area contributed by atoms with Gasteiger partial charge in [0.05, 0.1) is 13.0 Å². The standard InChI is InChI=1S/C14H12N2O2S/c1-18-14-12(15-6-7-16-14)13(17)10-8-19-11-5-3-2-4-9(10)11/h2-7,10H,8H2,1H3. The number of benzene rings is 1. The molecule has 0 bridgehead atoms. The van der Waals surface area contributed by atoms with Gasteiger partial charge in [0.2, 0.25) is 5.88 Å². The molecule has 1 aliphatic rings. The molecule has 1 unspecified atom stereocenters. The van der Waals surface area contributed by atoms with Gasteiger partial charge in [-0.3, -0.25) is 4.79 Å². The summed E-state index contributed by atoms with van der Waals surface area (Å²) in [6.07, 6.45) is 3.04. The van der Waals surface area contributed by atoms with Crippen LogP contribution in [0.25, 0.3) is 0 Å². The van der Waals surface area contributed by atoms with Crippen molar-refractivity contribution in [3.8, 4) is 5.88 Å². The second-order valence-electron chi connectivity index (χ2n) is 4.18. The number of fused-ring (bicyclic) bond motifs is 1. The van der Waals surface area contributed by atoms with Crippen molar-refractivity contribution in [1.29, 1.82) is 0 Å². The summed E-state index contributed by atoms with van der Waals surface area (Å²) in [6.45, 7) is 0. The van der Waals surface area contributed by atoms with E-state index in [4.69, 9.17) is 4.74 Å². The Balaban J connectivity index is 1.98. The zero-order valence-corrected chi connectivity index (χ0v) is 11.2. The minimum absolute atomic E-state index is 0.0256. The molecule has 1 aromatic heterocycles. The normalized spacial score (nSPS) is 17.0. The van der Waals surface area contributed by atoms with E-state index in [1.54, 1.807) is 11.8 Å². The summed E-state index contributed by atoms with van der Waals surface area (Å²) in [7, 11) is 1.50. The van der Waals surface area contributed by atoms with E-state index in [2.05, 4.69) is 9.97 Å². The highest BCUT2D eigenvalue weighted by molar-refractivity contribution is 7.99. The van der Waals surface area contributed by atoms with Gasteiger partial charge >= 0.3 is 0 Å². The van der Waals surface area contributed by atoms with Crippen molar-refractivity contribution in [3.05, 3.63) is 47.9 Å². The van der Waals surface area contributed by atoms with Gasteiger partial charge in [-0.2, -0.15) is 0 Å². The number of hydrogen-bond donors (Lipinski definition) is 0. The highest BCUT2D eigenvalue weighted by Crippen LogP contribution is 2.41. The second-order valence-corrected chi connectivity index (χ2v) is 5.24. The highest BCUT2D eigenvalue weighted by atomic mass is 32.2. The van der Waals surface area contributed by atoms with Crippen LogP contribution in [0.15, 0.2) is 41.6 Å². The van der Waals surface area contributed by atoms with Crippen LogP contribution in [0.1, 0.15) is 22.0 Å². The van der Waals surface area contributed by atoms with Gasteiger partial charge < -0.3 is 4.74 Å². The van der Waals surface area contributed by atoms with Crippen LogP contribution in [0.2, 0.25) is 0 Å². The number of ketones is 1. The summed E-state index contributed by atoms with van der Waals surface area (Å²) in [4.78, 5) is 21.9. The molecule has 2 aromatic rings. The molecule has 0 spiro atoms. The van der Waals surface area contributed by atoms with Crippen molar-refractivity contribution < 1.29 is 9.53 Å². The third-order valence-electron chi connectivity index (χ3n) is 3.11. The maximum atomic E-state index is 12.6. The molecule has 3 rings (SSSR count). The lowest BCUT2D eigenvalue weighted by atomic mass is 9.95. The smallest absolute Gasteiger partial charge is 0.243 e. The van der Waals surface area contributed by atoms with Gasteiger partial charge in [0.15, 0.2) is 11.5 Å². The van der Waals surface area contributed by atoms with E-state index in [9.17, 15) is 4.79 Å². The first-order valence-electron chi connectivity index (χ1n) is 5.92. The number of nitrogens with zero attached hydrogens (tertiary/aromatic N) is 2. The molecular weight excluding hydrogens is 260 g/mol. The number of thioether (sulfide) groups is 1. The zero-order valence-electron chi connectivity index (χ0n) is 10.4. The Morgan fingerprint density at radius 1 is 1.32 bits per heavy atom. The molecule has 0 saturated heterocycles. The van der Waals surface area contributed by atoms with E-state index >= 15 is 0 Å². The molecular formula is C14H12N2O2S. The van der Waals surface area contributed by atoms with Gasteiger partial charge in [0.1, 0.15) is 0 Å². The summed E-state index contributed by atoms with van der Waals surface area (Å²) in [5.41, 5.74) is 1.39. The number of methoxy groups -OCH3 is 1. The quantitative estimate of drug-likeness (QED) is 0.804. The predicted molar refractivity (Wildman–Crippen MR) is 72.8 cm³/mol. The average Bonchev–Trinajstić information content (AvgIpc) is 2.90. The van der Waals surface area contributed by atoms with Crippen molar-refractivity contribution in [2.45, 2.75) is 10.8 Å². The molecule has 1 atom stereocenters. The molecule has 19 heavy (non-hydrogen) atoms. The molecule has 0 fully saturated rings. The summed E-state index contributed by atoms with van der Waals surface area (Å²) >= 11 is 1.70. The third kappa shape index (κ3) is 2.10. The lowest BCUT2D eigenvalue weighted by Gasteiger charge is -2.10. The monoisotopic (exact) mass is 272 g/mol. The number of hydrogen-bond acceptors (Lipinski definition) is 5. The van der Waals surface area contributed by atoms with Gasteiger partial charge in [-0.25, -0.2) is 9.97 Å². The Morgan fingerprint density at radius 2 is 2.11 bits per heavy atom. The number of Topliss-reactive ketones (excluding diaryl/α,β-unsaturated/α-hetero) is 1. The molecule has 5 heteroatoms. The summed E-state index contributed by atoms with van der Waals surface area (Å²) in [6, 6.07) is 7.99. The molecule has 0 aliphatic carbocycles. The van der Waals surface area contributed by atoms with Crippen LogP contribution < -0.4 is 4.74 Å². The zero-order chi connectivity index (χ0) is 13.2. The first-order chi connectivity index (χ1) is 9.31. The largest absolute Gasteiger partial charge is 0.479 e. The van der Waals surface area contributed by atoms with Gasteiger partial charge in [-0.1, -0.05) is 18.2 Å². The Bertz CT molecular complexity index is 630. The fourth-order valence-corrected chi connectivity index (χ4v) is 3.42. The van der Waals surface area contributed by atoms with Crippen molar-refractivity contribution in [2.24, 2.45) is 0 Å². The van der Waals surface area contributed by atoms with Gasteiger partial charge in [0, 0.05) is 23.0 Å². The number of carbonyl (C=O) groups is 1.